The van der Waals surface area contributed by atoms with Crippen LogP contribution in [0, 0.1) is 0 Å². The lowest BCUT2D eigenvalue weighted by molar-refractivity contribution is -0.360. The number of aromatic nitrogens is 1. The van der Waals surface area contributed by atoms with E-state index < -0.39 is 19.2 Å². The lowest BCUT2D eigenvalue weighted by Gasteiger charge is -2.30. The fourth-order valence-corrected chi connectivity index (χ4v) is 9.78. The number of phenols is 1. The lowest BCUT2D eigenvalue weighted by Crippen LogP contribution is -2.50. The normalized spacial score (nSPS) is 14.3. The molecule has 5 aromatic rings. The van der Waals surface area contributed by atoms with Crippen LogP contribution >= 0.6 is 11.3 Å². The SMILES string of the molecule is O=C(CCCCCNC(=O)COc1ccc(/C=C/c2ccc3n2[B-](F)(F)[N+]2=C(c4cccs4)C=CC2=C3)cc1)NCCNC(=O)C(CCCc1ccccc1)OCCCCCCNCC(O)c1ccc(O)c(CO)c1. The van der Waals surface area contributed by atoms with Crippen LogP contribution in [0.25, 0.3) is 18.2 Å². The van der Waals surface area contributed by atoms with Gasteiger partial charge in [-0.3, -0.25) is 14.4 Å². The maximum absolute atomic E-state index is 16.2. The number of aromatic hydroxyl groups is 1. The van der Waals surface area contributed by atoms with Crippen molar-refractivity contribution < 1.29 is 52.3 Å². The van der Waals surface area contributed by atoms with E-state index in [0.29, 0.717) is 91.6 Å². The smallest absolute Gasteiger partial charge is 0.508 e. The molecule has 398 valence electrons. The van der Waals surface area contributed by atoms with Crippen LogP contribution in [-0.4, -0.2) is 107 Å². The molecule has 3 amide bonds. The Bertz CT molecular complexity index is 2770. The summed E-state index contributed by atoms with van der Waals surface area (Å²) in [6.45, 7) is -2.05. The van der Waals surface area contributed by atoms with E-state index >= 15 is 8.63 Å². The van der Waals surface area contributed by atoms with Gasteiger partial charge in [0, 0.05) is 74.4 Å². The molecule has 75 heavy (non-hydrogen) atoms. The van der Waals surface area contributed by atoms with Crippen LogP contribution in [0.1, 0.15) is 109 Å². The van der Waals surface area contributed by atoms with Gasteiger partial charge in [-0.1, -0.05) is 79.9 Å². The van der Waals surface area contributed by atoms with Gasteiger partial charge in [0.25, 0.3) is 5.91 Å². The Morgan fingerprint density at radius 3 is 2.36 bits per heavy atom. The molecule has 18 heteroatoms. The van der Waals surface area contributed by atoms with Gasteiger partial charge in [0.2, 0.25) is 11.8 Å². The number of rotatable bonds is 32. The molecule has 2 atom stereocenters. The molecule has 0 aliphatic carbocycles. The molecule has 2 aliphatic heterocycles. The Morgan fingerprint density at radius 2 is 1.56 bits per heavy atom. The number of fused-ring (bicyclic) bond motifs is 2. The molecule has 2 aliphatic rings. The molecule has 0 saturated heterocycles. The Labute approximate surface area is 441 Å². The third-order valence-electron chi connectivity index (χ3n) is 13.1. The number of allylic oxidation sites excluding steroid dienone is 2. The Hall–Kier alpha value is -6.70. The van der Waals surface area contributed by atoms with Gasteiger partial charge >= 0.3 is 6.97 Å². The van der Waals surface area contributed by atoms with Crippen molar-refractivity contribution >= 4 is 60.0 Å². The number of aliphatic hydroxyl groups excluding tert-OH is 2. The van der Waals surface area contributed by atoms with Crippen molar-refractivity contribution in [3.63, 3.8) is 0 Å². The first kappa shape index (κ1) is 56.0. The second-order valence-electron chi connectivity index (χ2n) is 18.7. The van der Waals surface area contributed by atoms with E-state index in [-0.39, 0.29) is 43.2 Å². The quantitative estimate of drug-likeness (QED) is 0.0165. The van der Waals surface area contributed by atoms with Crippen molar-refractivity contribution in [1.82, 2.24) is 25.7 Å². The fourth-order valence-electron chi connectivity index (χ4n) is 9.03. The summed E-state index contributed by atoms with van der Waals surface area (Å²) in [5, 5.41) is 43.4. The van der Waals surface area contributed by atoms with E-state index in [1.54, 1.807) is 78.9 Å². The molecular formula is C57H69BF2N6O8S. The summed E-state index contributed by atoms with van der Waals surface area (Å²) in [6.07, 6.45) is 15.5. The molecule has 0 radical (unpaired) electrons. The van der Waals surface area contributed by atoms with Crippen LogP contribution in [0.5, 0.6) is 11.5 Å². The Kier molecular flexibility index (Phi) is 21.5. The zero-order chi connectivity index (χ0) is 52.8. The third-order valence-corrected chi connectivity index (χ3v) is 14.0. The highest BCUT2D eigenvalue weighted by atomic mass is 32.1. The summed E-state index contributed by atoms with van der Waals surface area (Å²) >= 11 is 1.43. The summed E-state index contributed by atoms with van der Waals surface area (Å²) in [7, 11) is 0. The number of hydrogen-bond donors (Lipinski definition) is 7. The summed E-state index contributed by atoms with van der Waals surface area (Å²) in [5.41, 5.74) is 4.77. The zero-order valence-electron chi connectivity index (χ0n) is 42.3. The first-order valence-corrected chi connectivity index (χ1v) is 26.9. The van der Waals surface area contributed by atoms with E-state index in [1.807, 2.05) is 35.7 Å². The first-order valence-electron chi connectivity index (χ1n) is 26.0. The van der Waals surface area contributed by atoms with Crippen molar-refractivity contribution in [2.75, 3.05) is 45.9 Å². The van der Waals surface area contributed by atoms with E-state index in [1.165, 1.54) is 23.0 Å². The number of halogens is 2. The molecule has 7 N–H and O–H groups in total. The summed E-state index contributed by atoms with van der Waals surface area (Å²) < 4.78 is 46.3. The van der Waals surface area contributed by atoms with Gasteiger partial charge in [0.15, 0.2) is 18.0 Å². The summed E-state index contributed by atoms with van der Waals surface area (Å²) in [5.74, 6) is -0.0726. The van der Waals surface area contributed by atoms with E-state index in [0.717, 1.165) is 70.9 Å². The molecule has 0 saturated carbocycles. The van der Waals surface area contributed by atoms with Gasteiger partial charge < -0.3 is 63.7 Å². The molecule has 0 bridgehead atoms. The second-order valence-corrected chi connectivity index (χ2v) is 19.6. The maximum Gasteiger partial charge on any atom is 0.737 e. The van der Waals surface area contributed by atoms with Crippen LogP contribution in [0.3, 0.4) is 0 Å². The number of unbranched alkanes of at least 4 members (excludes halogenated alkanes) is 5. The Morgan fingerprint density at radius 1 is 0.787 bits per heavy atom. The van der Waals surface area contributed by atoms with Gasteiger partial charge in [-0.05, 0) is 122 Å². The van der Waals surface area contributed by atoms with Crippen molar-refractivity contribution in [3.8, 4) is 11.5 Å². The largest absolute Gasteiger partial charge is 0.737 e. The van der Waals surface area contributed by atoms with Gasteiger partial charge in [-0.2, -0.15) is 0 Å². The third kappa shape index (κ3) is 16.6. The predicted molar refractivity (Wildman–Crippen MR) is 291 cm³/mol. The highest BCUT2D eigenvalue weighted by Gasteiger charge is 2.52. The molecule has 14 nitrogen and oxygen atoms in total. The minimum absolute atomic E-state index is 0.00136. The molecule has 7 rings (SSSR count). The number of thiophene rings is 1. The van der Waals surface area contributed by atoms with Crippen LogP contribution in [0.4, 0.5) is 8.63 Å². The minimum Gasteiger partial charge on any atom is -0.508 e. The van der Waals surface area contributed by atoms with Crippen LogP contribution in [0.15, 0.2) is 120 Å². The number of carbonyl (C=O) groups is 3. The predicted octanol–water partition coefficient (Wildman–Crippen LogP) is 8.15. The number of hydrogen-bond acceptors (Lipinski definition) is 10. The topological polar surface area (TPSA) is 186 Å². The standard InChI is InChI=1S/C57H69BF2N6O8S/c59-58(60)65-46(24-25-47(65)38-48-26-29-50(66(48)58)54-17-12-36-75-54)23-19-43-20-27-49(28-21-43)74-41-56(71)62-32-9-4-7-18-55(70)63-33-34-64-57(72)53(16-11-15-42-13-5-3-6-14-42)73-35-10-2-1-8-31-61-39-52(69)44-22-30-51(68)45(37-44)40-67/h3,5-6,12-14,17,19-30,36-38,52-53,61,67-69H,1-2,4,7-11,15-16,18,31-35,39-41H2,(H,62,71)(H,63,70)(H,64,72)/b23-19+. The molecule has 3 aromatic carbocycles. The van der Waals surface area contributed by atoms with E-state index in [2.05, 4.69) is 33.4 Å². The number of ether oxygens (including phenoxy) is 2. The van der Waals surface area contributed by atoms with Crippen molar-refractivity contribution in [2.24, 2.45) is 0 Å². The summed E-state index contributed by atoms with van der Waals surface area (Å²) in [6, 6.07) is 29.0. The maximum atomic E-state index is 16.2. The summed E-state index contributed by atoms with van der Waals surface area (Å²) in [4.78, 5) is 39.0. The van der Waals surface area contributed by atoms with Crippen molar-refractivity contribution in [3.05, 3.63) is 159 Å². The number of amides is 3. The average Bonchev–Trinajstić information content (AvgIpc) is 4.22. The molecule has 4 heterocycles. The number of aliphatic hydroxyl groups is 2. The van der Waals surface area contributed by atoms with Crippen molar-refractivity contribution in [1.29, 1.82) is 0 Å². The highest BCUT2D eigenvalue weighted by molar-refractivity contribution is 7.12. The molecule has 2 unspecified atom stereocenters. The fraction of sp³-hybridized carbons (Fsp3) is 0.368. The van der Waals surface area contributed by atoms with Gasteiger partial charge in [-0.25, -0.2) is 0 Å². The minimum atomic E-state index is -4.14. The number of nitrogens with one attached hydrogen (secondary N) is 4. The van der Waals surface area contributed by atoms with Gasteiger partial charge in [0.1, 0.15) is 17.6 Å². The monoisotopic (exact) mass is 1050 g/mol. The number of carbonyl (C=O) groups excluding carboxylic acids is 3. The van der Waals surface area contributed by atoms with Crippen LogP contribution < -0.4 is 26.0 Å². The molecular weight excluding hydrogens is 978 g/mol. The molecule has 0 spiro atoms. The second kappa shape index (κ2) is 28.8. The van der Waals surface area contributed by atoms with E-state index in [9.17, 15) is 29.7 Å². The van der Waals surface area contributed by atoms with Gasteiger partial charge in [0.05, 0.1) is 17.6 Å². The Balaban J connectivity index is 0.719. The van der Waals surface area contributed by atoms with Crippen molar-refractivity contribution in [2.45, 2.75) is 89.4 Å². The first-order chi connectivity index (χ1) is 36.5. The molecule has 0 fully saturated rings. The van der Waals surface area contributed by atoms with Crippen LogP contribution in [0.2, 0.25) is 0 Å². The lowest BCUT2D eigenvalue weighted by atomic mass is 9.90. The number of aryl methyl sites for hydroxylation is 1. The highest BCUT2D eigenvalue weighted by Crippen LogP contribution is 2.35. The van der Waals surface area contributed by atoms with Crippen LogP contribution in [-0.2, 0) is 32.1 Å². The molecule has 2 aromatic heterocycles. The average molecular weight is 1050 g/mol. The number of benzene rings is 3. The van der Waals surface area contributed by atoms with E-state index in [4.69, 9.17) is 9.47 Å². The zero-order valence-corrected chi connectivity index (χ0v) is 43.1. The number of nitrogens with zero attached hydrogens (tertiary/aromatic N) is 2. The van der Waals surface area contributed by atoms with Gasteiger partial charge in [-0.15, -0.1) is 11.3 Å².